The highest BCUT2D eigenvalue weighted by Gasteiger charge is 2.24. The number of amides is 1. The minimum absolute atomic E-state index is 0.0302. The van der Waals surface area contributed by atoms with E-state index in [0.29, 0.717) is 37.7 Å². The van der Waals surface area contributed by atoms with E-state index in [-0.39, 0.29) is 5.91 Å². The standard InChI is InChI=1S/C20H27N5O2/c1-4-13-27-18-17(7-5-8-21-18)19(26)24-9-6-10-25(12-11-24)20-22-15(2)14-16(3)23-20/h5,7-8,14H,4,6,9-13H2,1-3H3. The van der Waals surface area contributed by atoms with E-state index < -0.39 is 0 Å². The number of pyridine rings is 1. The number of ether oxygens (including phenoxy) is 1. The van der Waals surface area contributed by atoms with Gasteiger partial charge in [-0.1, -0.05) is 6.92 Å². The van der Waals surface area contributed by atoms with E-state index in [4.69, 9.17) is 4.74 Å². The van der Waals surface area contributed by atoms with Gasteiger partial charge in [0.25, 0.3) is 5.91 Å². The highest BCUT2D eigenvalue weighted by atomic mass is 16.5. The Morgan fingerprint density at radius 3 is 2.67 bits per heavy atom. The summed E-state index contributed by atoms with van der Waals surface area (Å²) < 4.78 is 5.66. The molecule has 1 amide bonds. The van der Waals surface area contributed by atoms with Crippen molar-refractivity contribution in [3.8, 4) is 5.88 Å². The Labute approximate surface area is 160 Å². The van der Waals surface area contributed by atoms with E-state index in [1.807, 2.05) is 31.7 Å². The van der Waals surface area contributed by atoms with E-state index in [1.165, 1.54) is 0 Å². The van der Waals surface area contributed by atoms with Crippen LogP contribution in [-0.2, 0) is 0 Å². The Morgan fingerprint density at radius 1 is 1.15 bits per heavy atom. The van der Waals surface area contributed by atoms with Gasteiger partial charge in [-0.3, -0.25) is 4.79 Å². The first kappa shape index (κ1) is 19.1. The summed E-state index contributed by atoms with van der Waals surface area (Å²) in [6.45, 7) is 9.40. The molecule has 0 aromatic carbocycles. The molecular formula is C20H27N5O2. The van der Waals surface area contributed by atoms with E-state index in [9.17, 15) is 4.79 Å². The van der Waals surface area contributed by atoms with Gasteiger partial charge < -0.3 is 14.5 Å². The molecule has 0 unspecified atom stereocenters. The molecule has 1 aliphatic heterocycles. The first-order valence-corrected chi connectivity index (χ1v) is 9.53. The third-order valence-electron chi connectivity index (χ3n) is 4.48. The zero-order valence-electron chi connectivity index (χ0n) is 16.3. The molecule has 0 N–H and O–H groups in total. The zero-order chi connectivity index (χ0) is 19.2. The minimum Gasteiger partial charge on any atom is -0.477 e. The lowest BCUT2D eigenvalue weighted by Gasteiger charge is -2.23. The number of hydrogen-bond acceptors (Lipinski definition) is 6. The molecule has 3 rings (SSSR count). The number of aromatic nitrogens is 3. The third-order valence-corrected chi connectivity index (χ3v) is 4.48. The van der Waals surface area contributed by atoms with E-state index in [2.05, 4.69) is 19.9 Å². The van der Waals surface area contributed by atoms with Gasteiger partial charge in [0, 0.05) is 43.8 Å². The van der Waals surface area contributed by atoms with Gasteiger partial charge in [0.05, 0.1) is 6.61 Å². The van der Waals surface area contributed by atoms with Crippen molar-refractivity contribution in [2.24, 2.45) is 0 Å². The van der Waals surface area contributed by atoms with Crippen LogP contribution in [0.3, 0.4) is 0 Å². The van der Waals surface area contributed by atoms with Crippen molar-refractivity contribution in [3.05, 3.63) is 41.3 Å². The molecule has 2 aromatic heterocycles. The Balaban J connectivity index is 1.72. The molecule has 1 aliphatic rings. The number of anilines is 1. The Bertz CT molecular complexity index is 775. The monoisotopic (exact) mass is 369 g/mol. The number of aryl methyl sites for hydroxylation is 2. The molecule has 0 bridgehead atoms. The van der Waals surface area contributed by atoms with Crippen molar-refractivity contribution >= 4 is 11.9 Å². The van der Waals surface area contributed by atoms with E-state index in [1.54, 1.807) is 18.3 Å². The third kappa shape index (κ3) is 4.72. The van der Waals surface area contributed by atoms with Crippen LogP contribution in [0.25, 0.3) is 0 Å². The Kier molecular flexibility index (Phi) is 6.21. The molecule has 27 heavy (non-hydrogen) atoms. The summed E-state index contributed by atoms with van der Waals surface area (Å²) in [5, 5.41) is 0. The van der Waals surface area contributed by atoms with Crippen molar-refractivity contribution in [2.45, 2.75) is 33.6 Å². The average molecular weight is 369 g/mol. The lowest BCUT2D eigenvalue weighted by molar-refractivity contribution is 0.0761. The van der Waals surface area contributed by atoms with Crippen LogP contribution in [0.15, 0.2) is 24.4 Å². The molecule has 7 heteroatoms. The van der Waals surface area contributed by atoms with Crippen LogP contribution in [-0.4, -0.2) is 58.5 Å². The first-order chi connectivity index (χ1) is 13.1. The average Bonchev–Trinajstić information content (AvgIpc) is 2.91. The summed E-state index contributed by atoms with van der Waals surface area (Å²) in [4.78, 5) is 30.4. The smallest absolute Gasteiger partial charge is 0.259 e. The summed E-state index contributed by atoms with van der Waals surface area (Å²) in [5.74, 6) is 1.13. The Hall–Kier alpha value is -2.70. The molecule has 144 valence electrons. The van der Waals surface area contributed by atoms with Crippen LogP contribution >= 0.6 is 0 Å². The molecule has 1 fully saturated rings. The van der Waals surface area contributed by atoms with Gasteiger partial charge in [0.15, 0.2) is 0 Å². The SMILES string of the molecule is CCCOc1ncccc1C(=O)N1CCCN(c2nc(C)cc(C)n2)CC1. The highest BCUT2D eigenvalue weighted by Crippen LogP contribution is 2.19. The van der Waals surface area contributed by atoms with Crippen LogP contribution in [0.1, 0.15) is 41.5 Å². The van der Waals surface area contributed by atoms with Gasteiger partial charge >= 0.3 is 0 Å². The molecule has 2 aromatic rings. The van der Waals surface area contributed by atoms with Crippen molar-refractivity contribution in [1.29, 1.82) is 0 Å². The lowest BCUT2D eigenvalue weighted by Crippen LogP contribution is -2.36. The quantitative estimate of drug-likeness (QED) is 0.807. The van der Waals surface area contributed by atoms with Crippen LogP contribution in [0, 0.1) is 13.8 Å². The largest absolute Gasteiger partial charge is 0.477 e. The summed E-state index contributed by atoms with van der Waals surface area (Å²) in [5.41, 5.74) is 2.45. The Morgan fingerprint density at radius 2 is 1.93 bits per heavy atom. The summed E-state index contributed by atoms with van der Waals surface area (Å²) in [6.07, 6.45) is 3.40. The second-order valence-corrected chi connectivity index (χ2v) is 6.79. The summed E-state index contributed by atoms with van der Waals surface area (Å²) in [6, 6.07) is 5.53. The van der Waals surface area contributed by atoms with Gasteiger partial charge in [-0.25, -0.2) is 15.0 Å². The second kappa shape index (κ2) is 8.79. The molecular weight excluding hydrogens is 342 g/mol. The predicted octanol–water partition coefficient (Wildman–Crippen LogP) is 2.63. The molecule has 0 radical (unpaired) electrons. The van der Waals surface area contributed by atoms with Crippen LogP contribution < -0.4 is 9.64 Å². The molecule has 1 saturated heterocycles. The van der Waals surface area contributed by atoms with Gasteiger partial charge in [0.2, 0.25) is 11.8 Å². The molecule has 0 aliphatic carbocycles. The van der Waals surface area contributed by atoms with Crippen molar-refractivity contribution in [1.82, 2.24) is 19.9 Å². The molecule has 0 saturated carbocycles. The number of carbonyl (C=O) groups excluding carboxylic acids is 1. The van der Waals surface area contributed by atoms with Gasteiger partial charge in [-0.15, -0.1) is 0 Å². The van der Waals surface area contributed by atoms with Gasteiger partial charge in [-0.05, 0) is 44.9 Å². The molecule has 0 spiro atoms. The predicted molar refractivity (Wildman–Crippen MR) is 104 cm³/mol. The van der Waals surface area contributed by atoms with Crippen molar-refractivity contribution in [3.63, 3.8) is 0 Å². The fourth-order valence-electron chi connectivity index (χ4n) is 3.21. The highest BCUT2D eigenvalue weighted by molar-refractivity contribution is 5.96. The second-order valence-electron chi connectivity index (χ2n) is 6.79. The molecule has 3 heterocycles. The topological polar surface area (TPSA) is 71.5 Å². The normalized spacial score (nSPS) is 14.8. The first-order valence-electron chi connectivity index (χ1n) is 9.53. The van der Waals surface area contributed by atoms with Crippen molar-refractivity contribution in [2.75, 3.05) is 37.7 Å². The maximum absolute atomic E-state index is 13.0. The maximum Gasteiger partial charge on any atom is 0.259 e. The van der Waals surface area contributed by atoms with Gasteiger partial charge in [0.1, 0.15) is 5.56 Å². The minimum atomic E-state index is -0.0302. The van der Waals surface area contributed by atoms with E-state index in [0.717, 1.165) is 36.7 Å². The summed E-state index contributed by atoms with van der Waals surface area (Å²) in [7, 11) is 0. The fourth-order valence-corrected chi connectivity index (χ4v) is 3.21. The number of nitrogens with zero attached hydrogens (tertiary/aromatic N) is 5. The summed E-state index contributed by atoms with van der Waals surface area (Å²) >= 11 is 0. The van der Waals surface area contributed by atoms with Crippen molar-refractivity contribution < 1.29 is 9.53 Å². The van der Waals surface area contributed by atoms with E-state index >= 15 is 0 Å². The lowest BCUT2D eigenvalue weighted by atomic mass is 10.2. The number of hydrogen-bond donors (Lipinski definition) is 0. The van der Waals surface area contributed by atoms with Crippen LogP contribution in [0.5, 0.6) is 5.88 Å². The maximum atomic E-state index is 13.0. The zero-order valence-corrected chi connectivity index (χ0v) is 16.3. The van der Waals surface area contributed by atoms with Crippen LogP contribution in [0.4, 0.5) is 5.95 Å². The van der Waals surface area contributed by atoms with Crippen LogP contribution in [0.2, 0.25) is 0 Å². The fraction of sp³-hybridized carbons (Fsp3) is 0.500. The number of carbonyl (C=O) groups is 1. The molecule has 7 nitrogen and oxygen atoms in total. The van der Waals surface area contributed by atoms with Gasteiger partial charge in [-0.2, -0.15) is 0 Å². The molecule has 0 atom stereocenters. The number of rotatable bonds is 5.